The van der Waals surface area contributed by atoms with Gasteiger partial charge in [-0.05, 0) is 37.1 Å². The predicted octanol–water partition coefficient (Wildman–Crippen LogP) is 1.70. The van der Waals surface area contributed by atoms with Crippen molar-refractivity contribution in [2.24, 2.45) is 0 Å². The van der Waals surface area contributed by atoms with E-state index in [9.17, 15) is 0 Å². The third kappa shape index (κ3) is 3.51. The molecule has 1 aromatic heterocycles. The molecule has 0 saturated carbocycles. The van der Waals surface area contributed by atoms with Crippen LogP contribution >= 0.6 is 0 Å². The van der Waals surface area contributed by atoms with Crippen LogP contribution in [0.15, 0.2) is 24.5 Å². The van der Waals surface area contributed by atoms with Crippen LogP contribution in [0.25, 0.3) is 0 Å². The molecule has 0 spiro atoms. The maximum absolute atomic E-state index is 4.08. The molecule has 1 saturated heterocycles. The minimum absolute atomic E-state index is 0.167. The highest BCUT2D eigenvalue weighted by molar-refractivity contribution is 5.21. The summed E-state index contributed by atoms with van der Waals surface area (Å²) in [6.07, 6.45) is 6.32. The molecule has 1 aliphatic heterocycles. The SMILES string of the molecule is CC(C)(CNC1CCCNC1)c1ccncc1. The number of pyridine rings is 1. The van der Waals surface area contributed by atoms with Crippen LogP contribution in [-0.4, -0.2) is 30.7 Å². The standard InChI is InChI=1S/C14H23N3/c1-14(2,12-5-8-15-9-6-12)11-17-13-4-3-7-16-10-13/h5-6,8-9,13,16-17H,3-4,7,10-11H2,1-2H3. The average Bonchev–Trinajstić information content (AvgIpc) is 2.39. The Kier molecular flexibility index (Phi) is 4.13. The van der Waals surface area contributed by atoms with Gasteiger partial charge in [-0.3, -0.25) is 4.98 Å². The summed E-state index contributed by atoms with van der Waals surface area (Å²) < 4.78 is 0. The maximum atomic E-state index is 4.08. The highest BCUT2D eigenvalue weighted by atomic mass is 15.0. The van der Waals surface area contributed by atoms with Gasteiger partial charge in [0.1, 0.15) is 0 Å². The minimum Gasteiger partial charge on any atom is -0.315 e. The number of hydrogen-bond donors (Lipinski definition) is 2. The Labute approximate surface area is 104 Å². The van der Waals surface area contributed by atoms with Crippen LogP contribution in [0.2, 0.25) is 0 Å². The molecule has 2 N–H and O–H groups in total. The molecule has 2 heterocycles. The van der Waals surface area contributed by atoms with Gasteiger partial charge in [0, 0.05) is 36.9 Å². The van der Waals surface area contributed by atoms with Crippen LogP contribution in [0, 0.1) is 0 Å². The lowest BCUT2D eigenvalue weighted by molar-refractivity contribution is 0.354. The summed E-state index contributed by atoms with van der Waals surface area (Å²) in [6, 6.07) is 4.85. The van der Waals surface area contributed by atoms with Crippen LogP contribution in [0.4, 0.5) is 0 Å². The van der Waals surface area contributed by atoms with E-state index in [1.807, 2.05) is 12.4 Å². The van der Waals surface area contributed by atoms with Crippen molar-refractivity contribution < 1.29 is 0 Å². The Bertz CT molecular complexity index is 329. The summed E-state index contributed by atoms with van der Waals surface area (Å²) in [4.78, 5) is 4.08. The van der Waals surface area contributed by atoms with Crippen molar-refractivity contribution in [3.8, 4) is 0 Å². The molecule has 3 heteroatoms. The number of piperidine rings is 1. The van der Waals surface area contributed by atoms with Crippen molar-refractivity contribution in [2.75, 3.05) is 19.6 Å². The Hall–Kier alpha value is -0.930. The van der Waals surface area contributed by atoms with E-state index in [-0.39, 0.29) is 5.41 Å². The molecule has 0 aromatic carbocycles. The summed E-state index contributed by atoms with van der Waals surface area (Å²) in [5.41, 5.74) is 1.52. The fourth-order valence-electron chi connectivity index (χ4n) is 2.33. The van der Waals surface area contributed by atoms with Crippen molar-refractivity contribution >= 4 is 0 Å². The predicted molar refractivity (Wildman–Crippen MR) is 71.2 cm³/mol. The Morgan fingerprint density at radius 1 is 1.41 bits per heavy atom. The highest BCUT2D eigenvalue weighted by Crippen LogP contribution is 2.21. The van der Waals surface area contributed by atoms with E-state index in [1.54, 1.807) is 0 Å². The second kappa shape index (κ2) is 5.61. The zero-order chi connectivity index (χ0) is 12.1. The quantitative estimate of drug-likeness (QED) is 0.831. The van der Waals surface area contributed by atoms with Crippen LogP contribution in [0.5, 0.6) is 0 Å². The van der Waals surface area contributed by atoms with Crippen LogP contribution in [0.3, 0.4) is 0 Å². The molecule has 0 aliphatic carbocycles. The highest BCUT2D eigenvalue weighted by Gasteiger charge is 2.22. The van der Waals surface area contributed by atoms with Gasteiger partial charge in [0.2, 0.25) is 0 Å². The van der Waals surface area contributed by atoms with Gasteiger partial charge in [0.15, 0.2) is 0 Å². The molecular formula is C14H23N3. The first kappa shape index (κ1) is 12.5. The molecule has 3 nitrogen and oxygen atoms in total. The van der Waals surface area contributed by atoms with Gasteiger partial charge < -0.3 is 10.6 Å². The molecule has 0 radical (unpaired) electrons. The molecule has 1 atom stereocenters. The van der Waals surface area contributed by atoms with E-state index in [0.717, 1.165) is 13.1 Å². The number of nitrogens with zero attached hydrogens (tertiary/aromatic N) is 1. The molecule has 1 aromatic rings. The zero-order valence-corrected chi connectivity index (χ0v) is 10.9. The van der Waals surface area contributed by atoms with E-state index < -0.39 is 0 Å². The van der Waals surface area contributed by atoms with Gasteiger partial charge in [0.05, 0.1) is 0 Å². The summed E-state index contributed by atoms with van der Waals surface area (Å²) in [6.45, 7) is 7.86. The summed E-state index contributed by atoms with van der Waals surface area (Å²) in [5, 5.41) is 7.12. The van der Waals surface area contributed by atoms with Gasteiger partial charge in [-0.15, -0.1) is 0 Å². The third-order valence-corrected chi connectivity index (χ3v) is 3.59. The molecule has 1 aliphatic rings. The summed E-state index contributed by atoms with van der Waals surface area (Å²) >= 11 is 0. The number of rotatable bonds is 4. The van der Waals surface area contributed by atoms with Gasteiger partial charge in [-0.1, -0.05) is 13.8 Å². The fourth-order valence-corrected chi connectivity index (χ4v) is 2.33. The van der Waals surface area contributed by atoms with E-state index in [4.69, 9.17) is 0 Å². The number of nitrogens with one attached hydrogen (secondary N) is 2. The molecule has 0 amide bonds. The van der Waals surface area contributed by atoms with Crippen molar-refractivity contribution in [1.82, 2.24) is 15.6 Å². The normalized spacial score (nSPS) is 21.4. The van der Waals surface area contributed by atoms with Crippen molar-refractivity contribution in [3.05, 3.63) is 30.1 Å². The van der Waals surface area contributed by atoms with E-state index in [0.29, 0.717) is 6.04 Å². The van der Waals surface area contributed by atoms with Gasteiger partial charge in [0.25, 0.3) is 0 Å². The van der Waals surface area contributed by atoms with Crippen LogP contribution < -0.4 is 10.6 Å². The number of aromatic nitrogens is 1. The lowest BCUT2D eigenvalue weighted by Gasteiger charge is -2.30. The average molecular weight is 233 g/mol. The third-order valence-electron chi connectivity index (χ3n) is 3.59. The fraction of sp³-hybridized carbons (Fsp3) is 0.643. The molecular weight excluding hydrogens is 210 g/mol. The molecule has 17 heavy (non-hydrogen) atoms. The smallest absolute Gasteiger partial charge is 0.0270 e. The lowest BCUT2D eigenvalue weighted by Crippen LogP contribution is -2.47. The number of hydrogen-bond acceptors (Lipinski definition) is 3. The maximum Gasteiger partial charge on any atom is 0.0270 e. The van der Waals surface area contributed by atoms with Gasteiger partial charge >= 0.3 is 0 Å². The second-order valence-electron chi connectivity index (χ2n) is 5.54. The Morgan fingerprint density at radius 3 is 2.82 bits per heavy atom. The first-order valence-corrected chi connectivity index (χ1v) is 6.53. The van der Waals surface area contributed by atoms with Crippen LogP contribution in [-0.2, 0) is 5.41 Å². The van der Waals surface area contributed by atoms with E-state index >= 15 is 0 Å². The van der Waals surface area contributed by atoms with Crippen molar-refractivity contribution in [3.63, 3.8) is 0 Å². The van der Waals surface area contributed by atoms with E-state index in [2.05, 4.69) is 41.6 Å². The van der Waals surface area contributed by atoms with Crippen molar-refractivity contribution in [2.45, 2.75) is 38.1 Å². The van der Waals surface area contributed by atoms with Crippen molar-refractivity contribution in [1.29, 1.82) is 0 Å². The molecule has 2 rings (SSSR count). The molecule has 1 unspecified atom stereocenters. The first-order chi connectivity index (χ1) is 8.18. The Morgan fingerprint density at radius 2 is 2.18 bits per heavy atom. The largest absolute Gasteiger partial charge is 0.315 e. The topological polar surface area (TPSA) is 37.0 Å². The van der Waals surface area contributed by atoms with Gasteiger partial charge in [-0.2, -0.15) is 0 Å². The monoisotopic (exact) mass is 233 g/mol. The van der Waals surface area contributed by atoms with Gasteiger partial charge in [-0.25, -0.2) is 0 Å². The summed E-state index contributed by atoms with van der Waals surface area (Å²) in [7, 11) is 0. The minimum atomic E-state index is 0.167. The summed E-state index contributed by atoms with van der Waals surface area (Å²) in [5.74, 6) is 0. The molecule has 94 valence electrons. The lowest BCUT2D eigenvalue weighted by atomic mass is 9.85. The molecule has 1 fully saturated rings. The molecule has 0 bridgehead atoms. The first-order valence-electron chi connectivity index (χ1n) is 6.53. The van der Waals surface area contributed by atoms with Crippen LogP contribution in [0.1, 0.15) is 32.3 Å². The van der Waals surface area contributed by atoms with E-state index in [1.165, 1.54) is 24.9 Å². The zero-order valence-electron chi connectivity index (χ0n) is 10.9. The second-order valence-corrected chi connectivity index (χ2v) is 5.54. The Balaban J connectivity index is 1.88.